The second-order valence-corrected chi connectivity index (χ2v) is 23.9. The summed E-state index contributed by atoms with van der Waals surface area (Å²) in [5.41, 5.74) is 15.3. The number of hydrogen-bond donors (Lipinski definition) is 0. The Morgan fingerprint density at radius 3 is 1.00 bits per heavy atom. The van der Waals surface area contributed by atoms with Crippen LogP contribution in [-0.2, 0) is 16.5 Å². The molecule has 5 heterocycles. The first-order valence-electron chi connectivity index (χ1n) is 23.2. The normalized spacial score (nSPS) is 12.6. The van der Waals surface area contributed by atoms with Crippen molar-refractivity contribution in [3.8, 4) is 44.5 Å². The quantitative estimate of drug-likeness (QED) is 0.107. The molecule has 0 saturated heterocycles. The third-order valence-corrected chi connectivity index (χ3v) is 20.6. The van der Waals surface area contributed by atoms with E-state index >= 15 is 0 Å². The van der Waals surface area contributed by atoms with E-state index in [-0.39, 0.29) is 16.5 Å². The second-order valence-electron chi connectivity index (χ2n) is 17.5. The van der Waals surface area contributed by atoms with Crippen LogP contribution in [-0.4, -0.2) is 16.1 Å². The van der Waals surface area contributed by atoms with Crippen molar-refractivity contribution in [1.29, 1.82) is 0 Å². The smallest absolute Gasteiger partial charge is 2.00 e. The summed E-state index contributed by atoms with van der Waals surface area (Å²) in [5, 5.41) is 3.23. The molecule has 2 aliphatic rings. The zero-order valence-corrected chi connectivity index (χ0v) is 40.5. The van der Waals surface area contributed by atoms with Crippen molar-refractivity contribution in [3.05, 3.63) is 259 Å². The van der Waals surface area contributed by atoms with Crippen LogP contribution in [0.3, 0.4) is 0 Å². The van der Waals surface area contributed by atoms with E-state index in [1.165, 1.54) is 0 Å². The number of halogens is 1. The van der Waals surface area contributed by atoms with E-state index in [9.17, 15) is 0 Å². The van der Waals surface area contributed by atoms with Gasteiger partial charge >= 0.3 is 419 Å². The van der Waals surface area contributed by atoms with Crippen LogP contribution >= 0.6 is 17.2 Å². The molecule has 0 N–H and O–H groups in total. The van der Waals surface area contributed by atoms with Gasteiger partial charge in [-0.2, -0.15) is 0 Å². The number of fused-ring (bicyclic) bond motifs is 8. The molecule has 0 aliphatic carbocycles. The SMILES string of the molecule is ClP(CC1=Cc2nc1c(-c1ccccc1)c1ccc([n-]1)c(-c1ccccc1)c1nc(c(-c3ccccc3)c3ccc([n-]3)c2-c2ccccc2)C=C1)(c1ccccc1)(c1ccccc1)c1ccccc1.[Ni+2]. The van der Waals surface area contributed by atoms with Crippen molar-refractivity contribution in [1.82, 2.24) is 19.9 Å². The third kappa shape index (κ3) is 7.78. The third-order valence-electron chi connectivity index (χ3n) is 13.4. The first kappa shape index (κ1) is 44.8. The zero-order valence-electron chi connectivity index (χ0n) is 37.9. The molecular weight excluding hydrogens is 938 g/mol. The monoisotopic (exact) mass is 980 g/mol. The summed E-state index contributed by atoms with van der Waals surface area (Å²) >= 11 is 9.00. The first-order chi connectivity index (χ1) is 34.0. The van der Waals surface area contributed by atoms with Gasteiger partial charge in [-0.3, -0.25) is 0 Å². The van der Waals surface area contributed by atoms with E-state index < -0.39 is 5.96 Å². The molecule has 0 radical (unpaired) electrons. The molecule has 7 aromatic carbocycles. The van der Waals surface area contributed by atoms with Gasteiger partial charge in [-0.1, -0.05) is 6.07 Å². The van der Waals surface area contributed by atoms with Crippen LogP contribution in [0.4, 0.5) is 0 Å². The number of allylic oxidation sites excluding steroid dienone is 1. The van der Waals surface area contributed by atoms with Crippen molar-refractivity contribution in [2.75, 3.05) is 6.16 Å². The summed E-state index contributed by atoms with van der Waals surface area (Å²) in [7, 11) is 0. The van der Waals surface area contributed by atoms with Crippen LogP contribution in [0.25, 0.3) is 90.4 Å². The average molecular weight is 982 g/mol. The molecule has 2 aliphatic heterocycles. The summed E-state index contributed by atoms with van der Waals surface area (Å²) in [5.74, 6) is -3.94. The van der Waals surface area contributed by atoms with Crippen LogP contribution in [0.15, 0.2) is 237 Å². The average Bonchev–Trinajstić information content (AvgIpc) is 4.27. The van der Waals surface area contributed by atoms with Crippen LogP contribution < -0.4 is 25.9 Å². The van der Waals surface area contributed by atoms with E-state index in [4.69, 9.17) is 31.2 Å². The Balaban J connectivity index is 0.00000533. The van der Waals surface area contributed by atoms with Gasteiger partial charge in [0, 0.05) is 0 Å². The van der Waals surface area contributed by atoms with Crippen molar-refractivity contribution in [3.63, 3.8) is 0 Å². The Bertz CT molecular complexity index is 3650. The summed E-state index contributed by atoms with van der Waals surface area (Å²) < 4.78 is 0. The van der Waals surface area contributed by atoms with Gasteiger partial charge in [0.05, 0.1) is 0 Å². The van der Waals surface area contributed by atoms with Gasteiger partial charge in [0.2, 0.25) is 0 Å². The molecule has 7 heteroatoms. The van der Waals surface area contributed by atoms with Crippen LogP contribution in [0.1, 0.15) is 22.8 Å². The fourth-order valence-corrected chi connectivity index (χ4v) is 16.3. The van der Waals surface area contributed by atoms with Gasteiger partial charge < -0.3 is 0 Å². The number of aromatic nitrogens is 4. The summed E-state index contributed by atoms with van der Waals surface area (Å²) in [6.07, 6.45) is 6.97. The fourth-order valence-electron chi connectivity index (χ4n) is 10.2. The minimum absolute atomic E-state index is 0. The van der Waals surface area contributed by atoms with Crippen molar-refractivity contribution in [2.45, 2.75) is 0 Å². The fraction of sp³-hybridized carbons (Fsp3) is 0.0159. The minimum atomic E-state index is -3.94. The maximum Gasteiger partial charge on any atom is 2.00 e. The molecule has 0 amide bonds. The molecule has 0 atom stereocenters. The molecule has 0 saturated carbocycles. The Morgan fingerprint density at radius 2 is 0.643 bits per heavy atom. The number of nitrogens with zero attached hydrogens (tertiary/aromatic N) is 4. The number of benzene rings is 7. The van der Waals surface area contributed by atoms with E-state index in [0.29, 0.717) is 6.16 Å². The molecule has 70 heavy (non-hydrogen) atoms. The molecule has 12 rings (SSSR count). The predicted octanol–water partition coefficient (Wildman–Crippen LogP) is 14.6. The zero-order chi connectivity index (χ0) is 46.2. The molecule has 3 aromatic heterocycles. The standard InChI is InChI=1S/C63H44ClN4P.Ni/c64-69(49-30-16-5-17-31-49,50-32-18-6-19-33-50,51-34-20-7-21-35-51)43-48-42-58-61(46-26-12-3-13-27-46)56-39-38-54(66-56)59(44-22-8-1-9-23-44)52-36-37-53(65-52)60(45-24-10-2-11-25-45)55-40-41-57(67-55)62(63(48)68-58)47-28-14-4-15-29-47;/h1-42H,43H2;/q-2;+2. The van der Waals surface area contributed by atoms with Crippen molar-refractivity contribution < 1.29 is 16.5 Å². The van der Waals surface area contributed by atoms with Gasteiger partial charge in [0.25, 0.3) is 0 Å². The number of hydrogen-bond acceptors (Lipinski definition) is 2. The molecule has 0 spiro atoms. The van der Waals surface area contributed by atoms with Gasteiger partial charge in [-0.15, -0.1) is 0 Å². The number of rotatable bonds is 9. The predicted molar refractivity (Wildman–Crippen MR) is 293 cm³/mol. The molecule has 8 bridgehead atoms. The maximum atomic E-state index is 9.00. The molecular formula is C63H44ClN4NiP. The van der Waals surface area contributed by atoms with Crippen LogP contribution in [0.5, 0.6) is 0 Å². The van der Waals surface area contributed by atoms with Gasteiger partial charge in [0.1, 0.15) is 0 Å². The van der Waals surface area contributed by atoms with Crippen LogP contribution in [0.2, 0.25) is 0 Å². The first-order valence-corrected chi connectivity index (χ1v) is 26.6. The molecule has 10 aromatic rings. The minimum Gasteiger partial charge on any atom is 2.00 e. The van der Waals surface area contributed by atoms with Gasteiger partial charge in [-0.05, 0) is 0 Å². The van der Waals surface area contributed by atoms with Crippen molar-refractivity contribution >= 4 is 79.0 Å². The molecule has 338 valence electrons. The van der Waals surface area contributed by atoms with Crippen LogP contribution in [0, 0.1) is 0 Å². The maximum absolute atomic E-state index is 9.00. The molecule has 0 unspecified atom stereocenters. The van der Waals surface area contributed by atoms with E-state index in [2.05, 4.69) is 243 Å². The summed E-state index contributed by atoms with van der Waals surface area (Å²) in [6.45, 7) is 0. The Hall–Kier alpha value is -7.65. The summed E-state index contributed by atoms with van der Waals surface area (Å²) in [4.78, 5) is 22.5. The molecule has 4 nitrogen and oxygen atoms in total. The van der Waals surface area contributed by atoms with E-state index in [1.807, 2.05) is 12.1 Å². The van der Waals surface area contributed by atoms with E-state index in [1.54, 1.807) is 0 Å². The topological polar surface area (TPSA) is 54.0 Å². The largest absolute Gasteiger partial charge is 2.00 e. The summed E-state index contributed by atoms with van der Waals surface area (Å²) in [6, 6.07) is 82.6. The Morgan fingerprint density at radius 1 is 0.343 bits per heavy atom. The van der Waals surface area contributed by atoms with Gasteiger partial charge in [-0.25, -0.2) is 0 Å². The van der Waals surface area contributed by atoms with E-state index in [0.717, 1.165) is 111 Å². The van der Waals surface area contributed by atoms with Gasteiger partial charge in [0.15, 0.2) is 0 Å². The Labute approximate surface area is 422 Å². The second kappa shape index (κ2) is 18.7. The molecule has 0 fully saturated rings. The Kier molecular flexibility index (Phi) is 12.0. The van der Waals surface area contributed by atoms with Crippen molar-refractivity contribution in [2.24, 2.45) is 0 Å².